The number of carbonyl (C=O) groups is 1. The zero-order valence-corrected chi connectivity index (χ0v) is 11.9. The van der Waals surface area contributed by atoms with Gasteiger partial charge in [0.2, 0.25) is 5.91 Å². The molecule has 20 heavy (non-hydrogen) atoms. The van der Waals surface area contributed by atoms with E-state index >= 15 is 0 Å². The van der Waals surface area contributed by atoms with Gasteiger partial charge in [-0.15, -0.1) is 11.3 Å². The minimum absolute atomic E-state index is 0.298. The van der Waals surface area contributed by atoms with E-state index in [2.05, 4.69) is 21.4 Å². The van der Waals surface area contributed by atoms with Crippen LogP contribution in [0, 0.1) is 25.2 Å². The lowest BCUT2D eigenvalue weighted by Gasteiger charge is -1.98. The molecule has 0 radical (unpaired) electrons. The molecule has 0 bridgehead atoms. The SMILES string of the molecule is Cc1sc(NC(=O)C=Cc2cnccn2)c(C#N)c1C. The third-order valence-corrected chi connectivity index (χ3v) is 3.85. The molecule has 0 spiro atoms. The first-order valence-electron chi connectivity index (χ1n) is 5.87. The van der Waals surface area contributed by atoms with Gasteiger partial charge in [0.1, 0.15) is 11.1 Å². The summed E-state index contributed by atoms with van der Waals surface area (Å²) >= 11 is 1.40. The van der Waals surface area contributed by atoms with Gasteiger partial charge in [-0.2, -0.15) is 5.26 Å². The van der Waals surface area contributed by atoms with Gasteiger partial charge < -0.3 is 5.32 Å². The molecule has 0 saturated heterocycles. The van der Waals surface area contributed by atoms with Crippen molar-refractivity contribution in [1.82, 2.24) is 9.97 Å². The van der Waals surface area contributed by atoms with Crippen LogP contribution in [0.15, 0.2) is 24.7 Å². The molecule has 2 rings (SSSR count). The number of nitrogens with one attached hydrogen (secondary N) is 1. The largest absolute Gasteiger partial charge is 0.313 e. The Hall–Kier alpha value is -2.52. The monoisotopic (exact) mass is 284 g/mol. The lowest BCUT2D eigenvalue weighted by atomic mass is 10.2. The van der Waals surface area contributed by atoms with Crippen LogP contribution in [-0.2, 0) is 4.79 Å². The van der Waals surface area contributed by atoms with Crippen molar-refractivity contribution in [2.24, 2.45) is 0 Å². The standard InChI is InChI=1S/C14H12N4OS/c1-9-10(2)20-14(12(9)7-15)18-13(19)4-3-11-8-16-5-6-17-11/h3-6,8H,1-2H3,(H,18,19). The molecule has 0 saturated carbocycles. The summed E-state index contributed by atoms with van der Waals surface area (Å²) < 4.78 is 0. The van der Waals surface area contributed by atoms with Crippen molar-refractivity contribution < 1.29 is 4.79 Å². The van der Waals surface area contributed by atoms with E-state index in [4.69, 9.17) is 5.26 Å². The van der Waals surface area contributed by atoms with Crippen molar-refractivity contribution in [2.75, 3.05) is 5.32 Å². The molecule has 0 unspecified atom stereocenters. The molecule has 1 amide bonds. The molecule has 0 aromatic carbocycles. The molecule has 2 aromatic rings. The number of hydrogen-bond donors (Lipinski definition) is 1. The van der Waals surface area contributed by atoms with Gasteiger partial charge in [-0.05, 0) is 25.5 Å². The van der Waals surface area contributed by atoms with Gasteiger partial charge in [0.15, 0.2) is 0 Å². The number of hydrogen-bond acceptors (Lipinski definition) is 5. The Bertz CT molecular complexity index is 698. The summed E-state index contributed by atoms with van der Waals surface area (Å²) in [7, 11) is 0. The van der Waals surface area contributed by atoms with Gasteiger partial charge >= 0.3 is 0 Å². The quantitative estimate of drug-likeness (QED) is 0.879. The number of nitriles is 1. The highest BCUT2D eigenvalue weighted by Gasteiger charge is 2.13. The van der Waals surface area contributed by atoms with E-state index < -0.39 is 0 Å². The van der Waals surface area contributed by atoms with Crippen LogP contribution in [0.2, 0.25) is 0 Å². The number of thiophene rings is 1. The Morgan fingerprint density at radius 3 is 2.90 bits per heavy atom. The highest BCUT2D eigenvalue weighted by molar-refractivity contribution is 7.16. The first kappa shape index (κ1) is 13.9. The second kappa shape index (κ2) is 6.08. The van der Waals surface area contributed by atoms with E-state index in [1.165, 1.54) is 17.4 Å². The van der Waals surface area contributed by atoms with Gasteiger partial charge in [0, 0.05) is 23.3 Å². The maximum absolute atomic E-state index is 11.8. The zero-order valence-electron chi connectivity index (χ0n) is 11.0. The third kappa shape index (κ3) is 3.08. The number of aromatic nitrogens is 2. The molecule has 0 aliphatic carbocycles. The van der Waals surface area contributed by atoms with Gasteiger partial charge in [-0.1, -0.05) is 0 Å². The molecule has 100 valence electrons. The van der Waals surface area contributed by atoms with Crippen LogP contribution >= 0.6 is 11.3 Å². The van der Waals surface area contributed by atoms with Crippen molar-refractivity contribution in [1.29, 1.82) is 5.26 Å². The number of rotatable bonds is 3. The van der Waals surface area contributed by atoms with Crippen LogP contribution in [0.3, 0.4) is 0 Å². The third-order valence-electron chi connectivity index (χ3n) is 2.72. The number of aryl methyl sites for hydroxylation is 1. The lowest BCUT2D eigenvalue weighted by Crippen LogP contribution is -2.07. The summed E-state index contributed by atoms with van der Waals surface area (Å²) in [5.74, 6) is -0.298. The number of amides is 1. The molecule has 2 heterocycles. The summed E-state index contributed by atoms with van der Waals surface area (Å²) in [5.41, 5.74) is 2.03. The predicted molar refractivity (Wildman–Crippen MR) is 78.2 cm³/mol. The highest BCUT2D eigenvalue weighted by Crippen LogP contribution is 2.31. The first-order valence-corrected chi connectivity index (χ1v) is 6.68. The van der Waals surface area contributed by atoms with Crippen molar-refractivity contribution in [3.8, 4) is 6.07 Å². The average Bonchev–Trinajstić information content (AvgIpc) is 2.72. The van der Waals surface area contributed by atoms with E-state index in [1.54, 1.807) is 24.7 Å². The van der Waals surface area contributed by atoms with E-state index in [0.717, 1.165) is 10.4 Å². The molecular weight excluding hydrogens is 272 g/mol. The second-order valence-electron chi connectivity index (χ2n) is 4.05. The van der Waals surface area contributed by atoms with E-state index in [1.807, 2.05) is 13.8 Å². The molecule has 0 fully saturated rings. The van der Waals surface area contributed by atoms with Crippen LogP contribution in [0.5, 0.6) is 0 Å². The Kier molecular flexibility index (Phi) is 4.23. The fourth-order valence-corrected chi connectivity index (χ4v) is 2.57. The topological polar surface area (TPSA) is 78.7 Å². The van der Waals surface area contributed by atoms with Gasteiger partial charge in [0.05, 0.1) is 17.5 Å². The normalized spacial score (nSPS) is 10.4. The predicted octanol–water partition coefficient (Wildman–Crippen LogP) is 2.68. The Morgan fingerprint density at radius 2 is 2.25 bits per heavy atom. The summed E-state index contributed by atoms with van der Waals surface area (Å²) in [5, 5.41) is 12.4. The molecule has 5 nitrogen and oxygen atoms in total. The van der Waals surface area contributed by atoms with E-state index in [9.17, 15) is 4.79 Å². The van der Waals surface area contributed by atoms with Crippen LogP contribution in [0.4, 0.5) is 5.00 Å². The molecule has 0 atom stereocenters. The van der Waals surface area contributed by atoms with Crippen LogP contribution in [0.25, 0.3) is 6.08 Å². The molecular formula is C14H12N4OS. The van der Waals surface area contributed by atoms with Crippen molar-refractivity contribution in [2.45, 2.75) is 13.8 Å². The van der Waals surface area contributed by atoms with Gasteiger partial charge in [-0.25, -0.2) is 0 Å². The second-order valence-corrected chi connectivity index (χ2v) is 5.28. The van der Waals surface area contributed by atoms with E-state index in [0.29, 0.717) is 16.3 Å². The van der Waals surface area contributed by atoms with Gasteiger partial charge in [0.25, 0.3) is 0 Å². The minimum atomic E-state index is -0.298. The average molecular weight is 284 g/mol. The summed E-state index contributed by atoms with van der Waals surface area (Å²) in [6.45, 7) is 3.79. The van der Waals surface area contributed by atoms with Crippen molar-refractivity contribution in [3.63, 3.8) is 0 Å². The first-order chi connectivity index (χ1) is 9.61. The summed E-state index contributed by atoms with van der Waals surface area (Å²) in [6.07, 6.45) is 7.62. The lowest BCUT2D eigenvalue weighted by molar-refractivity contribution is -0.111. The van der Waals surface area contributed by atoms with Crippen LogP contribution in [0.1, 0.15) is 21.7 Å². The fourth-order valence-electron chi connectivity index (χ4n) is 1.56. The number of anilines is 1. The maximum atomic E-state index is 11.8. The molecule has 0 aliphatic rings. The number of carbonyl (C=O) groups excluding carboxylic acids is 1. The smallest absolute Gasteiger partial charge is 0.249 e. The fraction of sp³-hybridized carbons (Fsp3) is 0.143. The van der Waals surface area contributed by atoms with Crippen molar-refractivity contribution in [3.05, 3.63) is 46.4 Å². The summed E-state index contributed by atoms with van der Waals surface area (Å²) in [6, 6.07) is 2.11. The summed E-state index contributed by atoms with van der Waals surface area (Å²) in [4.78, 5) is 20.8. The van der Waals surface area contributed by atoms with Crippen LogP contribution in [-0.4, -0.2) is 15.9 Å². The molecule has 6 heteroatoms. The maximum Gasteiger partial charge on any atom is 0.249 e. The zero-order chi connectivity index (χ0) is 14.5. The Labute approximate surface area is 120 Å². The molecule has 2 aromatic heterocycles. The van der Waals surface area contributed by atoms with E-state index in [-0.39, 0.29) is 5.91 Å². The molecule has 0 aliphatic heterocycles. The van der Waals surface area contributed by atoms with Gasteiger partial charge in [-0.3, -0.25) is 14.8 Å². The Morgan fingerprint density at radius 1 is 1.45 bits per heavy atom. The highest BCUT2D eigenvalue weighted by atomic mass is 32.1. The minimum Gasteiger partial charge on any atom is -0.313 e. The number of nitrogens with zero attached hydrogens (tertiary/aromatic N) is 3. The Balaban J connectivity index is 2.11. The molecule has 1 N–H and O–H groups in total. The van der Waals surface area contributed by atoms with Crippen LogP contribution < -0.4 is 5.32 Å². The van der Waals surface area contributed by atoms with Crippen molar-refractivity contribution >= 4 is 28.3 Å².